The Kier molecular flexibility index (Phi) is 9.40. The molecule has 0 bridgehead atoms. The molecule has 3 aromatic carbocycles. The topological polar surface area (TPSA) is 154 Å². The van der Waals surface area contributed by atoms with E-state index >= 15 is 0 Å². The van der Waals surface area contributed by atoms with E-state index in [1.165, 1.54) is 11.1 Å². The number of H-pyrrole nitrogens is 1. The van der Waals surface area contributed by atoms with Crippen LogP contribution in [-0.4, -0.2) is 86.5 Å². The van der Waals surface area contributed by atoms with Crippen molar-refractivity contribution in [1.82, 2.24) is 30.4 Å². The van der Waals surface area contributed by atoms with Gasteiger partial charge >= 0.3 is 0 Å². The molecule has 3 saturated heterocycles. The third-order valence-corrected chi connectivity index (χ3v) is 13.2. The number of rotatable bonds is 10. The first-order valence-corrected chi connectivity index (χ1v) is 21.1. The van der Waals surface area contributed by atoms with Gasteiger partial charge in [0.05, 0.1) is 28.0 Å². The number of carbonyl (C=O) groups excluding carboxylic acids is 4. The number of carbonyl (C=O) groups is 4. The van der Waals surface area contributed by atoms with Crippen molar-refractivity contribution in [2.45, 2.75) is 82.8 Å². The summed E-state index contributed by atoms with van der Waals surface area (Å²) in [6.07, 6.45) is 10.5. The molecule has 1 saturated carbocycles. The van der Waals surface area contributed by atoms with Crippen LogP contribution in [0.3, 0.4) is 0 Å². The van der Waals surface area contributed by atoms with Crippen LogP contribution in [0, 0.1) is 11.8 Å². The molecule has 4 amide bonds. The Morgan fingerprint density at radius 3 is 2.10 bits per heavy atom. The number of imide groups is 2. The summed E-state index contributed by atoms with van der Waals surface area (Å²) in [6, 6.07) is 21.8. The number of nitrogens with zero attached hydrogens (tertiary/aromatic N) is 6. The van der Waals surface area contributed by atoms with Gasteiger partial charge in [-0.05, 0) is 124 Å². The van der Waals surface area contributed by atoms with E-state index in [0.717, 1.165) is 122 Å². The van der Waals surface area contributed by atoms with Crippen LogP contribution in [0.1, 0.15) is 90.1 Å². The molecule has 5 aliphatic rings. The fraction of sp³-hybridized carbons (Fsp3) is 0.413. The Morgan fingerprint density at radius 1 is 0.746 bits per heavy atom. The predicted molar refractivity (Wildman–Crippen MR) is 222 cm³/mol. The zero-order valence-corrected chi connectivity index (χ0v) is 33.3. The van der Waals surface area contributed by atoms with Crippen molar-refractivity contribution in [1.29, 1.82) is 0 Å². The zero-order chi connectivity index (χ0) is 40.3. The van der Waals surface area contributed by atoms with Crippen molar-refractivity contribution in [2.24, 2.45) is 11.8 Å². The fourth-order valence-corrected chi connectivity index (χ4v) is 9.36. The summed E-state index contributed by atoms with van der Waals surface area (Å²) in [5, 5.41) is 11.0. The number of aromatic nitrogens is 4. The molecule has 13 nitrogen and oxygen atoms in total. The normalized spacial score (nSPS) is 21.0. The number of amides is 4. The molecule has 1 unspecified atom stereocenters. The monoisotopic (exact) mass is 792 g/mol. The fourth-order valence-electron chi connectivity index (χ4n) is 9.36. The highest BCUT2D eigenvalue weighted by Gasteiger charge is 2.45. The highest BCUT2D eigenvalue weighted by atomic mass is 16.5. The van der Waals surface area contributed by atoms with E-state index in [-0.39, 0.29) is 24.3 Å². The second-order valence-electron chi connectivity index (χ2n) is 17.4. The van der Waals surface area contributed by atoms with Gasteiger partial charge in [0, 0.05) is 49.7 Å². The van der Waals surface area contributed by atoms with E-state index in [0.29, 0.717) is 23.0 Å². The summed E-state index contributed by atoms with van der Waals surface area (Å²) in [5.41, 5.74) is 6.86. The summed E-state index contributed by atoms with van der Waals surface area (Å²) in [7, 11) is 0. The molecule has 0 radical (unpaired) electrons. The van der Waals surface area contributed by atoms with Crippen LogP contribution in [0.5, 0.6) is 5.75 Å². The van der Waals surface area contributed by atoms with Gasteiger partial charge in [0.2, 0.25) is 11.8 Å². The lowest BCUT2D eigenvalue weighted by molar-refractivity contribution is -0.136. The van der Waals surface area contributed by atoms with Gasteiger partial charge in [-0.1, -0.05) is 24.3 Å². The maximum atomic E-state index is 13.3. The molecular weight excluding hydrogens is 745 g/mol. The molecular formula is C46H48N8O5. The third kappa shape index (κ3) is 7.42. The van der Waals surface area contributed by atoms with Gasteiger partial charge in [-0.2, -0.15) is 5.10 Å². The van der Waals surface area contributed by atoms with Crippen LogP contribution < -0.4 is 19.9 Å². The number of nitrogens with one attached hydrogen (secondary N) is 2. The standard InChI is InChI=1S/C46H48N8O5/c1-46(16-17-46)59-33-7-9-37-36(25-33)42(51-50-37)38-26-40(48-27-47-38)53-20-14-31(15-21-53)23-29-4-2-28(3-5-29)22-30-12-18-52(19-13-30)32-6-8-34-35(24-32)45(58)54(44(34)57)39-10-11-41(55)49-43(39)56/h2-9,24-27,30-31,39H,10-23H2,1H3,(H,50,51)(H,49,55,56). The Bertz CT molecular complexity index is 2460. The van der Waals surface area contributed by atoms with Gasteiger partial charge in [-0.15, -0.1) is 0 Å². The molecule has 1 atom stereocenters. The number of benzene rings is 3. The highest BCUT2D eigenvalue weighted by Crippen LogP contribution is 2.41. The van der Waals surface area contributed by atoms with Crippen molar-refractivity contribution in [3.05, 3.63) is 95.3 Å². The van der Waals surface area contributed by atoms with Crippen molar-refractivity contribution in [3.63, 3.8) is 0 Å². The van der Waals surface area contributed by atoms with E-state index in [2.05, 4.69) is 78.6 Å². The van der Waals surface area contributed by atoms with Crippen LogP contribution in [0.25, 0.3) is 22.3 Å². The van der Waals surface area contributed by atoms with Crippen molar-refractivity contribution in [2.75, 3.05) is 36.0 Å². The van der Waals surface area contributed by atoms with Crippen LogP contribution in [0.2, 0.25) is 0 Å². The van der Waals surface area contributed by atoms with E-state index in [4.69, 9.17) is 4.74 Å². The van der Waals surface area contributed by atoms with Gasteiger partial charge in [-0.3, -0.25) is 34.5 Å². The first-order chi connectivity index (χ1) is 28.7. The Labute approximate surface area is 342 Å². The average Bonchev–Trinajstić information content (AvgIpc) is 3.73. The number of hydrogen-bond donors (Lipinski definition) is 2. The first-order valence-electron chi connectivity index (χ1n) is 21.1. The molecule has 302 valence electrons. The largest absolute Gasteiger partial charge is 0.488 e. The number of ether oxygens (including phenoxy) is 1. The highest BCUT2D eigenvalue weighted by molar-refractivity contribution is 6.23. The minimum absolute atomic E-state index is 0.0468. The maximum absolute atomic E-state index is 13.3. The van der Waals surface area contributed by atoms with E-state index in [1.807, 2.05) is 18.2 Å². The van der Waals surface area contributed by atoms with Gasteiger partial charge < -0.3 is 14.5 Å². The molecule has 2 aromatic heterocycles. The summed E-state index contributed by atoms with van der Waals surface area (Å²) in [4.78, 5) is 65.5. The number of fused-ring (bicyclic) bond motifs is 2. The Morgan fingerprint density at radius 2 is 1.42 bits per heavy atom. The summed E-state index contributed by atoms with van der Waals surface area (Å²) < 4.78 is 6.23. The molecule has 10 rings (SSSR count). The summed E-state index contributed by atoms with van der Waals surface area (Å²) in [5.74, 6) is 1.08. The van der Waals surface area contributed by atoms with E-state index < -0.39 is 23.8 Å². The number of aromatic amines is 1. The van der Waals surface area contributed by atoms with Gasteiger partial charge in [0.15, 0.2) is 0 Å². The Balaban J connectivity index is 0.700. The summed E-state index contributed by atoms with van der Waals surface area (Å²) >= 11 is 0. The minimum Gasteiger partial charge on any atom is -0.488 e. The zero-order valence-electron chi connectivity index (χ0n) is 33.3. The minimum atomic E-state index is -0.959. The quantitative estimate of drug-likeness (QED) is 0.155. The number of hydrogen-bond acceptors (Lipinski definition) is 10. The average molecular weight is 793 g/mol. The van der Waals surface area contributed by atoms with Crippen LogP contribution in [0.4, 0.5) is 11.5 Å². The summed E-state index contributed by atoms with van der Waals surface area (Å²) in [6.45, 7) is 5.80. The molecule has 2 N–H and O–H groups in total. The maximum Gasteiger partial charge on any atom is 0.262 e. The third-order valence-electron chi connectivity index (χ3n) is 13.2. The molecule has 13 heteroatoms. The number of anilines is 2. The van der Waals surface area contributed by atoms with Crippen molar-refractivity contribution >= 4 is 46.0 Å². The number of piperidine rings is 3. The lowest BCUT2D eigenvalue weighted by atomic mass is 9.87. The SMILES string of the molecule is CC1(Oc2ccc3n[nH]c(-c4cc(N5CCC(Cc6ccc(CC7CCN(c8ccc9c(c8)C(=O)N(C8CCC(=O)NC8=O)C9=O)CC7)cc6)CC5)ncn4)c3c2)CC1. The molecule has 4 fully saturated rings. The van der Waals surface area contributed by atoms with Crippen molar-refractivity contribution in [3.8, 4) is 17.1 Å². The molecule has 5 aromatic rings. The first kappa shape index (κ1) is 37.2. The second kappa shape index (κ2) is 14.9. The van der Waals surface area contributed by atoms with Crippen molar-refractivity contribution < 1.29 is 23.9 Å². The van der Waals surface area contributed by atoms with Gasteiger partial charge in [0.25, 0.3) is 11.8 Å². The molecule has 6 heterocycles. The van der Waals surface area contributed by atoms with Gasteiger partial charge in [0.1, 0.15) is 29.5 Å². The molecule has 59 heavy (non-hydrogen) atoms. The lowest BCUT2D eigenvalue weighted by Crippen LogP contribution is -2.54. The van der Waals surface area contributed by atoms with E-state index in [1.54, 1.807) is 18.5 Å². The van der Waals surface area contributed by atoms with Crippen LogP contribution >= 0.6 is 0 Å². The molecule has 0 spiro atoms. The Hall–Kier alpha value is -6.11. The van der Waals surface area contributed by atoms with Gasteiger partial charge in [-0.25, -0.2) is 9.97 Å². The van der Waals surface area contributed by atoms with Crippen LogP contribution in [0.15, 0.2) is 73.1 Å². The van der Waals surface area contributed by atoms with E-state index in [9.17, 15) is 19.2 Å². The second-order valence-corrected chi connectivity index (χ2v) is 17.4. The molecule has 4 aliphatic heterocycles. The smallest absolute Gasteiger partial charge is 0.262 e. The molecule has 1 aliphatic carbocycles. The lowest BCUT2D eigenvalue weighted by Gasteiger charge is -2.34. The predicted octanol–water partition coefficient (Wildman–Crippen LogP) is 6.27. The van der Waals surface area contributed by atoms with Crippen LogP contribution in [-0.2, 0) is 22.4 Å².